The number of thioether (sulfide) groups is 1. The molecular formula is C14H17N3OS. The van der Waals surface area contributed by atoms with Crippen LogP contribution in [0.1, 0.15) is 17.2 Å². The summed E-state index contributed by atoms with van der Waals surface area (Å²) < 4.78 is 0. The van der Waals surface area contributed by atoms with E-state index >= 15 is 0 Å². The van der Waals surface area contributed by atoms with Crippen molar-refractivity contribution in [3.05, 3.63) is 58.0 Å². The van der Waals surface area contributed by atoms with Gasteiger partial charge in [0.05, 0.1) is 0 Å². The molecule has 0 fully saturated rings. The third kappa shape index (κ3) is 3.68. The average Bonchev–Trinajstić information content (AvgIpc) is 2.41. The monoisotopic (exact) mass is 275 g/mol. The molecule has 1 atom stereocenters. The number of rotatable bonds is 5. The van der Waals surface area contributed by atoms with Crippen molar-refractivity contribution in [1.29, 1.82) is 0 Å². The molecule has 2 aromatic rings. The van der Waals surface area contributed by atoms with Crippen LogP contribution in [0.5, 0.6) is 0 Å². The molecule has 0 amide bonds. The summed E-state index contributed by atoms with van der Waals surface area (Å²) in [5.74, 6) is 0.814. The van der Waals surface area contributed by atoms with Crippen molar-refractivity contribution in [3.8, 4) is 0 Å². The molecule has 0 spiro atoms. The molecule has 100 valence electrons. The molecule has 2 N–H and O–H groups in total. The summed E-state index contributed by atoms with van der Waals surface area (Å²) in [5, 5.41) is 3.96. The maximum Gasteiger partial charge on any atom is 0.251 e. The smallest absolute Gasteiger partial charge is 0.251 e. The number of nitrogens with zero attached hydrogens (tertiary/aromatic N) is 1. The van der Waals surface area contributed by atoms with Gasteiger partial charge < -0.3 is 10.3 Å². The molecule has 2 rings (SSSR count). The molecule has 1 heterocycles. The lowest BCUT2D eigenvalue weighted by molar-refractivity contribution is 0.657. The van der Waals surface area contributed by atoms with Crippen LogP contribution in [0.4, 0.5) is 0 Å². The van der Waals surface area contributed by atoms with E-state index in [2.05, 4.69) is 34.3 Å². The van der Waals surface area contributed by atoms with Gasteiger partial charge in [-0.05, 0) is 25.1 Å². The summed E-state index contributed by atoms with van der Waals surface area (Å²) in [7, 11) is 1.94. The molecule has 0 bridgehead atoms. The second-order valence-electron chi connectivity index (χ2n) is 4.25. The van der Waals surface area contributed by atoms with Gasteiger partial charge in [0, 0.05) is 24.1 Å². The third-order valence-corrected chi connectivity index (χ3v) is 3.93. The van der Waals surface area contributed by atoms with E-state index in [0.717, 1.165) is 5.75 Å². The topological polar surface area (TPSA) is 57.8 Å². The Morgan fingerprint density at radius 3 is 2.84 bits per heavy atom. The molecular weight excluding hydrogens is 258 g/mol. The third-order valence-electron chi connectivity index (χ3n) is 2.95. The van der Waals surface area contributed by atoms with Gasteiger partial charge in [-0.25, -0.2) is 4.98 Å². The van der Waals surface area contributed by atoms with E-state index in [0.29, 0.717) is 5.16 Å². The zero-order valence-electron chi connectivity index (χ0n) is 11.0. The van der Waals surface area contributed by atoms with Crippen LogP contribution in [-0.2, 0) is 0 Å². The predicted molar refractivity (Wildman–Crippen MR) is 78.6 cm³/mol. The highest BCUT2D eigenvalue weighted by Crippen LogP contribution is 2.23. The summed E-state index contributed by atoms with van der Waals surface area (Å²) in [6.07, 6.45) is 1.53. The molecule has 4 nitrogen and oxygen atoms in total. The first-order chi connectivity index (χ1) is 9.20. The fraction of sp³-hybridized carbons (Fsp3) is 0.286. The maximum atomic E-state index is 11.2. The van der Waals surface area contributed by atoms with Crippen LogP contribution in [0, 0.1) is 6.92 Å². The lowest BCUT2D eigenvalue weighted by atomic mass is 10.0. The van der Waals surface area contributed by atoms with Crippen molar-refractivity contribution in [2.45, 2.75) is 18.1 Å². The summed E-state index contributed by atoms with van der Waals surface area (Å²) in [6, 6.07) is 9.96. The molecule has 1 unspecified atom stereocenters. The Labute approximate surface area is 116 Å². The maximum absolute atomic E-state index is 11.2. The van der Waals surface area contributed by atoms with Crippen molar-refractivity contribution < 1.29 is 0 Å². The van der Waals surface area contributed by atoms with E-state index in [1.807, 2.05) is 19.2 Å². The minimum atomic E-state index is -0.116. The molecule has 0 saturated heterocycles. The first kappa shape index (κ1) is 13.8. The van der Waals surface area contributed by atoms with Crippen LogP contribution in [-0.4, -0.2) is 22.8 Å². The summed E-state index contributed by atoms with van der Waals surface area (Å²) in [5.41, 5.74) is 2.42. The Bertz CT molecular complexity index is 597. The highest BCUT2D eigenvalue weighted by atomic mass is 32.2. The van der Waals surface area contributed by atoms with Crippen LogP contribution >= 0.6 is 11.8 Å². The first-order valence-corrected chi connectivity index (χ1v) is 7.10. The van der Waals surface area contributed by atoms with Crippen molar-refractivity contribution >= 4 is 11.8 Å². The quantitative estimate of drug-likeness (QED) is 0.648. The number of hydrogen-bond acceptors (Lipinski definition) is 4. The number of aromatic amines is 1. The normalized spacial score (nSPS) is 12.3. The van der Waals surface area contributed by atoms with E-state index in [4.69, 9.17) is 0 Å². The molecule has 19 heavy (non-hydrogen) atoms. The Kier molecular flexibility index (Phi) is 4.76. The molecule has 1 aromatic heterocycles. The fourth-order valence-electron chi connectivity index (χ4n) is 1.89. The van der Waals surface area contributed by atoms with E-state index in [-0.39, 0.29) is 11.6 Å². The van der Waals surface area contributed by atoms with Gasteiger partial charge >= 0.3 is 0 Å². The number of aromatic nitrogens is 2. The van der Waals surface area contributed by atoms with Gasteiger partial charge in [-0.2, -0.15) is 0 Å². The van der Waals surface area contributed by atoms with Crippen LogP contribution in [0.15, 0.2) is 46.5 Å². The zero-order valence-corrected chi connectivity index (χ0v) is 11.8. The minimum absolute atomic E-state index is 0.116. The molecule has 0 aliphatic carbocycles. The van der Waals surface area contributed by atoms with Gasteiger partial charge in [-0.1, -0.05) is 36.0 Å². The Morgan fingerprint density at radius 1 is 1.37 bits per heavy atom. The highest BCUT2D eigenvalue weighted by Gasteiger charge is 2.12. The lowest BCUT2D eigenvalue weighted by Gasteiger charge is -2.18. The SMILES string of the molecule is CNC(CSc1nccc(=O)[nH]1)c1ccccc1C. The Hall–Kier alpha value is -1.59. The average molecular weight is 275 g/mol. The summed E-state index contributed by atoms with van der Waals surface area (Å²) >= 11 is 1.54. The van der Waals surface area contributed by atoms with E-state index in [1.165, 1.54) is 23.4 Å². The Balaban J connectivity index is 2.08. The number of aryl methyl sites for hydroxylation is 1. The molecule has 0 aliphatic rings. The molecule has 0 radical (unpaired) electrons. The molecule has 1 aromatic carbocycles. The van der Waals surface area contributed by atoms with Crippen molar-refractivity contribution in [2.75, 3.05) is 12.8 Å². The van der Waals surface area contributed by atoms with Crippen LogP contribution in [0.3, 0.4) is 0 Å². The second-order valence-corrected chi connectivity index (χ2v) is 5.26. The molecule has 5 heteroatoms. The number of nitrogens with one attached hydrogen (secondary N) is 2. The van der Waals surface area contributed by atoms with Crippen molar-refractivity contribution in [1.82, 2.24) is 15.3 Å². The van der Waals surface area contributed by atoms with Crippen LogP contribution in [0.25, 0.3) is 0 Å². The van der Waals surface area contributed by atoms with Gasteiger partial charge in [0.25, 0.3) is 5.56 Å². The van der Waals surface area contributed by atoms with Gasteiger partial charge in [0.2, 0.25) is 0 Å². The number of hydrogen-bond donors (Lipinski definition) is 2. The minimum Gasteiger partial charge on any atom is -0.312 e. The standard InChI is InChI=1S/C14H17N3OS/c1-10-5-3-4-6-11(10)12(15-2)9-19-14-16-8-7-13(18)17-14/h3-8,12,15H,9H2,1-2H3,(H,16,17,18). The van der Waals surface area contributed by atoms with Crippen molar-refractivity contribution in [2.24, 2.45) is 0 Å². The lowest BCUT2D eigenvalue weighted by Crippen LogP contribution is -2.20. The van der Waals surface area contributed by atoms with Gasteiger partial charge in [0.15, 0.2) is 5.16 Å². The second kappa shape index (κ2) is 6.54. The first-order valence-electron chi connectivity index (χ1n) is 6.11. The predicted octanol–water partition coefficient (Wildman–Crippen LogP) is 2.13. The number of H-pyrrole nitrogens is 1. The van der Waals surface area contributed by atoms with Gasteiger partial charge in [0.1, 0.15) is 0 Å². The van der Waals surface area contributed by atoms with E-state index in [1.54, 1.807) is 11.8 Å². The summed E-state index contributed by atoms with van der Waals surface area (Å²) in [4.78, 5) is 18.1. The summed E-state index contributed by atoms with van der Waals surface area (Å²) in [6.45, 7) is 2.10. The largest absolute Gasteiger partial charge is 0.312 e. The van der Waals surface area contributed by atoms with Crippen LogP contribution in [0.2, 0.25) is 0 Å². The zero-order chi connectivity index (χ0) is 13.7. The molecule has 0 saturated carbocycles. The van der Waals surface area contributed by atoms with Crippen LogP contribution < -0.4 is 10.9 Å². The number of benzene rings is 1. The highest BCUT2D eigenvalue weighted by molar-refractivity contribution is 7.99. The van der Waals surface area contributed by atoms with E-state index < -0.39 is 0 Å². The fourth-order valence-corrected chi connectivity index (χ4v) is 2.87. The van der Waals surface area contributed by atoms with Gasteiger partial charge in [-0.3, -0.25) is 4.79 Å². The van der Waals surface area contributed by atoms with E-state index in [9.17, 15) is 4.79 Å². The van der Waals surface area contributed by atoms with Crippen molar-refractivity contribution in [3.63, 3.8) is 0 Å². The van der Waals surface area contributed by atoms with Gasteiger partial charge in [-0.15, -0.1) is 0 Å². The Morgan fingerprint density at radius 2 is 2.16 bits per heavy atom. The molecule has 0 aliphatic heterocycles.